The molecular weight excluding hydrogens is 336 g/mol. The van der Waals surface area contributed by atoms with E-state index >= 15 is 0 Å². The number of hydrogen-bond donors (Lipinski definition) is 1. The molecule has 0 unspecified atom stereocenters. The van der Waals surface area contributed by atoms with Crippen molar-refractivity contribution < 1.29 is 22.4 Å². The van der Waals surface area contributed by atoms with Crippen molar-refractivity contribution in [2.24, 2.45) is 0 Å². The zero-order chi connectivity index (χ0) is 18.2. The number of nitrogens with zero attached hydrogens (tertiary/aromatic N) is 1. The van der Waals surface area contributed by atoms with E-state index in [-0.39, 0.29) is 23.7 Å². The molecule has 0 fully saturated rings. The molecule has 0 saturated heterocycles. The maximum atomic E-state index is 13.3. The fraction of sp³-hybridized carbons (Fsp3) is 0.167. The maximum absolute atomic E-state index is 13.3. The van der Waals surface area contributed by atoms with E-state index in [4.69, 9.17) is 5.73 Å². The molecule has 1 aromatic heterocycles. The second-order valence-corrected chi connectivity index (χ2v) is 5.70. The third-order valence-corrected chi connectivity index (χ3v) is 3.91. The van der Waals surface area contributed by atoms with E-state index in [0.717, 1.165) is 6.07 Å². The van der Waals surface area contributed by atoms with Gasteiger partial charge in [-0.15, -0.1) is 0 Å². The summed E-state index contributed by atoms with van der Waals surface area (Å²) in [5.74, 6) is -1.10. The van der Waals surface area contributed by atoms with Gasteiger partial charge in [0.2, 0.25) is 5.91 Å². The highest BCUT2D eigenvalue weighted by Crippen LogP contribution is 2.35. The summed E-state index contributed by atoms with van der Waals surface area (Å²) in [6.45, 7) is 0. The first kappa shape index (κ1) is 17.0. The molecule has 3 rings (SSSR count). The molecule has 0 atom stereocenters. The van der Waals surface area contributed by atoms with Crippen LogP contribution in [0.1, 0.15) is 22.5 Å². The van der Waals surface area contributed by atoms with E-state index in [1.807, 2.05) is 0 Å². The summed E-state index contributed by atoms with van der Waals surface area (Å²) in [4.78, 5) is 12.5. The van der Waals surface area contributed by atoms with Crippen molar-refractivity contribution in [3.05, 3.63) is 65.6 Å². The number of aryl methyl sites for hydroxylation is 1. The summed E-state index contributed by atoms with van der Waals surface area (Å²) in [7, 11) is 0. The zero-order valence-electron chi connectivity index (χ0n) is 13.0. The molecule has 0 spiro atoms. The van der Waals surface area contributed by atoms with Gasteiger partial charge in [-0.25, -0.2) is 4.39 Å². The lowest BCUT2D eigenvalue weighted by molar-refractivity contribution is -0.142. The van der Waals surface area contributed by atoms with E-state index in [1.165, 1.54) is 42.5 Å². The first-order valence-electron chi connectivity index (χ1n) is 7.51. The summed E-state index contributed by atoms with van der Waals surface area (Å²) < 4.78 is 53.5. The molecule has 0 aliphatic heterocycles. The van der Waals surface area contributed by atoms with Crippen LogP contribution < -0.4 is 5.73 Å². The number of carbonyl (C=O) groups is 1. The largest absolute Gasteiger partial charge is 0.431 e. The average Bonchev–Trinajstić information content (AvgIpc) is 2.93. The van der Waals surface area contributed by atoms with Crippen molar-refractivity contribution in [1.29, 1.82) is 0 Å². The van der Waals surface area contributed by atoms with Gasteiger partial charge in [0.25, 0.3) is 0 Å². The van der Waals surface area contributed by atoms with Gasteiger partial charge in [0.05, 0.1) is 5.52 Å². The van der Waals surface area contributed by atoms with Gasteiger partial charge < -0.3 is 5.73 Å². The number of hydrogen-bond acceptors (Lipinski definition) is 2. The summed E-state index contributed by atoms with van der Waals surface area (Å²) in [5, 5.41) is 0.252. The second kappa shape index (κ2) is 6.23. The van der Waals surface area contributed by atoms with Gasteiger partial charge in [-0.1, -0.05) is 12.1 Å². The Balaban J connectivity index is 1.95. The van der Waals surface area contributed by atoms with Gasteiger partial charge in [-0.3, -0.25) is 9.36 Å². The van der Waals surface area contributed by atoms with Crippen LogP contribution in [0.25, 0.3) is 10.9 Å². The Kier molecular flexibility index (Phi) is 4.24. The molecule has 0 bridgehead atoms. The molecule has 0 radical (unpaired) electrons. The quantitative estimate of drug-likeness (QED) is 0.552. The predicted molar refractivity (Wildman–Crippen MR) is 86.7 cm³/mol. The number of aromatic nitrogens is 1. The third-order valence-electron chi connectivity index (χ3n) is 3.91. The van der Waals surface area contributed by atoms with Gasteiger partial charge in [0.1, 0.15) is 11.5 Å². The van der Waals surface area contributed by atoms with Crippen molar-refractivity contribution in [3.63, 3.8) is 0 Å². The first-order chi connectivity index (χ1) is 11.8. The van der Waals surface area contributed by atoms with E-state index in [0.29, 0.717) is 15.8 Å². The van der Waals surface area contributed by atoms with E-state index < -0.39 is 23.6 Å². The van der Waals surface area contributed by atoms with Gasteiger partial charge in [-0.05, 0) is 48.4 Å². The molecule has 0 amide bonds. The molecule has 0 saturated carbocycles. The summed E-state index contributed by atoms with van der Waals surface area (Å²) in [6.07, 6.45) is -4.59. The van der Waals surface area contributed by atoms with Crippen molar-refractivity contribution in [2.45, 2.75) is 19.0 Å². The van der Waals surface area contributed by atoms with Crippen molar-refractivity contribution >= 4 is 22.5 Å². The molecule has 2 aromatic carbocycles. The van der Waals surface area contributed by atoms with Gasteiger partial charge in [-0.2, -0.15) is 13.2 Å². The highest BCUT2D eigenvalue weighted by molar-refractivity contribution is 5.95. The lowest BCUT2D eigenvalue weighted by atomic mass is 10.1. The molecule has 7 heteroatoms. The third kappa shape index (κ3) is 3.50. The van der Waals surface area contributed by atoms with Gasteiger partial charge in [0.15, 0.2) is 0 Å². The molecule has 3 nitrogen and oxygen atoms in total. The normalized spacial score (nSPS) is 11.8. The number of anilines is 1. The van der Waals surface area contributed by atoms with Crippen LogP contribution in [0.15, 0.2) is 48.5 Å². The van der Waals surface area contributed by atoms with Gasteiger partial charge in [0, 0.05) is 17.5 Å². The molecular formula is C18H14F4N2O. The van der Waals surface area contributed by atoms with Crippen LogP contribution in [0.5, 0.6) is 0 Å². The number of alkyl halides is 3. The van der Waals surface area contributed by atoms with Gasteiger partial charge >= 0.3 is 6.18 Å². The average molecular weight is 350 g/mol. The minimum absolute atomic E-state index is 0.136. The minimum atomic E-state index is -4.67. The van der Waals surface area contributed by atoms with Crippen LogP contribution in [-0.2, 0) is 12.6 Å². The van der Waals surface area contributed by atoms with E-state index in [1.54, 1.807) is 0 Å². The first-order valence-corrected chi connectivity index (χ1v) is 7.51. The SMILES string of the molecule is Nc1ccc2c(c1)cc(C(F)(F)F)n2C(=O)CCc1ccc(F)cc1. The molecule has 130 valence electrons. The number of nitrogens with two attached hydrogens (primary N) is 1. The molecule has 0 aliphatic carbocycles. The molecule has 1 heterocycles. The standard InChI is InChI=1S/C18H14F4N2O/c19-13-4-1-11(2-5-13)3-8-17(25)24-15-7-6-14(23)9-12(15)10-16(24)18(20,21)22/h1-2,4-7,9-10H,3,8,23H2. The minimum Gasteiger partial charge on any atom is -0.399 e. The number of halogens is 4. The summed E-state index contributed by atoms with van der Waals surface area (Å²) in [6, 6.07) is 10.7. The zero-order valence-corrected chi connectivity index (χ0v) is 13.0. The lowest BCUT2D eigenvalue weighted by Gasteiger charge is -2.12. The maximum Gasteiger partial charge on any atom is 0.431 e. The van der Waals surface area contributed by atoms with E-state index in [2.05, 4.69) is 0 Å². The number of benzene rings is 2. The van der Waals surface area contributed by atoms with Crippen LogP contribution in [0.4, 0.5) is 23.2 Å². The highest BCUT2D eigenvalue weighted by Gasteiger charge is 2.37. The number of nitrogen functional groups attached to an aromatic ring is 1. The Morgan fingerprint density at radius 3 is 2.36 bits per heavy atom. The topological polar surface area (TPSA) is 48.0 Å². The smallest absolute Gasteiger partial charge is 0.399 e. The van der Waals surface area contributed by atoms with Crippen molar-refractivity contribution in [1.82, 2.24) is 4.57 Å². The molecule has 25 heavy (non-hydrogen) atoms. The predicted octanol–water partition coefficient (Wildman–Crippen LogP) is 4.65. The fourth-order valence-corrected chi connectivity index (χ4v) is 2.73. The number of carbonyl (C=O) groups excluding carboxylic acids is 1. The van der Waals surface area contributed by atoms with Crippen molar-refractivity contribution in [2.75, 3.05) is 5.73 Å². The Morgan fingerprint density at radius 2 is 1.72 bits per heavy atom. The van der Waals surface area contributed by atoms with E-state index in [9.17, 15) is 22.4 Å². The number of fused-ring (bicyclic) bond motifs is 1. The highest BCUT2D eigenvalue weighted by atomic mass is 19.4. The van der Waals surface area contributed by atoms with Crippen LogP contribution in [0.3, 0.4) is 0 Å². The Labute approximate surface area is 140 Å². The Morgan fingerprint density at radius 1 is 1.04 bits per heavy atom. The second-order valence-electron chi connectivity index (χ2n) is 5.70. The fourth-order valence-electron chi connectivity index (χ4n) is 2.73. The lowest BCUT2D eigenvalue weighted by Crippen LogP contribution is -2.20. The molecule has 0 aliphatic rings. The van der Waals surface area contributed by atoms with Crippen LogP contribution in [-0.4, -0.2) is 10.5 Å². The Hall–Kier alpha value is -2.83. The van der Waals surface area contributed by atoms with Crippen LogP contribution in [0.2, 0.25) is 0 Å². The summed E-state index contributed by atoms with van der Waals surface area (Å²) >= 11 is 0. The molecule has 3 aromatic rings. The molecule has 2 N–H and O–H groups in total. The number of rotatable bonds is 3. The van der Waals surface area contributed by atoms with Crippen molar-refractivity contribution in [3.8, 4) is 0 Å². The van der Waals surface area contributed by atoms with Crippen LogP contribution >= 0.6 is 0 Å². The Bertz CT molecular complexity index is 927. The summed E-state index contributed by atoms with van der Waals surface area (Å²) in [5.41, 5.74) is 5.72. The monoisotopic (exact) mass is 350 g/mol. The van der Waals surface area contributed by atoms with Crippen LogP contribution in [0, 0.1) is 5.82 Å².